The van der Waals surface area contributed by atoms with Crippen LogP contribution in [0.1, 0.15) is 30.1 Å². The van der Waals surface area contributed by atoms with Crippen LogP contribution in [-0.2, 0) is 14.6 Å². The van der Waals surface area contributed by atoms with Crippen molar-refractivity contribution in [2.45, 2.75) is 30.7 Å². The molecular formula is C17H24N2O6S. The van der Waals surface area contributed by atoms with E-state index in [9.17, 15) is 18.0 Å². The molecule has 144 valence electrons. The molecule has 1 aliphatic rings. The van der Waals surface area contributed by atoms with Crippen molar-refractivity contribution >= 4 is 21.8 Å². The van der Waals surface area contributed by atoms with E-state index < -0.39 is 9.84 Å². The SMILES string of the molecule is CCOC(=O)N1CCC(NC(=O)c2ccc(OC)c(S(C)(=O)=O)c2)CC1. The highest BCUT2D eigenvalue weighted by Gasteiger charge is 2.25. The number of hydrogen-bond donors (Lipinski definition) is 1. The van der Waals surface area contributed by atoms with Crippen LogP contribution in [0.4, 0.5) is 4.79 Å². The first-order valence-electron chi connectivity index (χ1n) is 8.37. The topological polar surface area (TPSA) is 102 Å². The summed E-state index contributed by atoms with van der Waals surface area (Å²) in [6.45, 7) is 3.09. The van der Waals surface area contributed by atoms with Gasteiger partial charge in [0.05, 0.1) is 13.7 Å². The number of amides is 2. The number of hydrogen-bond acceptors (Lipinski definition) is 6. The molecule has 0 aromatic heterocycles. The highest BCUT2D eigenvalue weighted by molar-refractivity contribution is 7.90. The lowest BCUT2D eigenvalue weighted by molar-refractivity contribution is 0.0860. The Morgan fingerprint density at radius 3 is 2.46 bits per heavy atom. The largest absolute Gasteiger partial charge is 0.495 e. The van der Waals surface area contributed by atoms with Gasteiger partial charge >= 0.3 is 6.09 Å². The van der Waals surface area contributed by atoms with Gasteiger partial charge in [0.1, 0.15) is 10.6 Å². The van der Waals surface area contributed by atoms with Gasteiger partial charge in [-0.3, -0.25) is 4.79 Å². The van der Waals surface area contributed by atoms with Crippen LogP contribution in [0.2, 0.25) is 0 Å². The maximum Gasteiger partial charge on any atom is 0.409 e. The minimum absolute atomic E-state index is 0.0234. The molecule has 1 N–H and O–H groups in total. The summed E-state index contributed by atoms with van der Waals surface area (Å²) in [5, 5.41) is 2.89. The van der Waals surface area contributed by atoms with Crippen molar-refractivity contribution in [3.8, 4) is 5.75 Å². The average molecular weight is 384 g/mol. The third kappa shape index (κ3) is 4.87. The van der Waals surface area contributed by atoms with Crippen molar-refractivity contribution in [1.82, 2.24) is 10.2 Å². The fourth-order valence-corrected chi connectivity index (χ4v) is 3.66. The Hall–Kier alpha value is -2.29. The number of rotatable bonds is 5. The summed E-state index contributed by atoms with van der Waals surface area (Å²) in [6.07, 6.45) is 1.95. The molecule has 0 atom stereocenters. The van der Waals surface area contributed by atoms with Crippen LogP contribution in [-0.4, -0.2) is 64.4 Å². The van der Waals surface area contributed by atoms with Crippen molar-refractivity contribution < 1.29 is 27.5 Å². The van der Waals surface area contributed by atoms with Crippen LogP contribution < -0.4 is 10.1 Å². The lowest BCUT2D eigenvalue weighted by Gasteiger charge is -2.31. The third-order valence-corrected chi connectivity index (χ3v) is 5.30. The number of nitrogens with one attached hydrogen (secondary N) is 1. The van der Waals surface area contributed by atoms with Crippen LogP contribution in [0.15, 0.2) is 23.1 Å². The molecule has 2 rings (SSSR count). The van der Waals surface area contributed by atoms with Crippen LogP contribution >= 0.6 is 0 Å². The smallest absolute Gasteiger partial charge is 0.409 e. The summed E-state index contributed by atoms with van der Waals surface area (Å²) < 4.78 is 33.8. The molecule has 1 saturated heterocycles. The van der Waals surface area contributed by atoms with Crippen molar-refractivity contribution in [2.75, 3.05) is 33.1 Å². The van der Waals surface area contributed by atoms with Gasteiger partial charge < -0.3 is 19.7 Å². The number of piperidine rings is 1. The molecule has 0 saturated carbocycles. The van der Waals surface area contributed by atoms with E-state index in [4.69, 9.17) is 9.47 Å². The zero-order valence-corrected chi connectivity index (χ0v) is 16.0. The fourth-order valence-electron chi connectivity index (χ4n) is 2.80. The van der Waals surface area contributed by atoms with E-state index in [1.165, 1.54) is 25.3 Å². The first-order chi connectivity index (χ1) is 12.3. The molecule has 8 nitrogen and oxygen atoms in total. The van der Waals surface area contributed by atoms with E-state index in [-0.39, 0.29) is 34.3 Å². The third-order valence-electron chi connectivity index (χ3n) is 4.18. The Kier molecular flexibility index (Phi) is 6.47. The van der Waals surface area contributed by atoms with Crippen molar-refractivity contribution in [3.05, 3.63) is 23.8 Å². The summed E-state index contributed by atoms with van der Waals surface area (Å²) in [5.41, 5.74) is 0.249. The molecule has 1 aliphatic heterocycles. The summed E-state index contributed by atoms with van der Waals surface area (Å²) >= 11 is 0. The summed E-state index contributed by atoms with van der Waals surface area (Å²) in [4.78, 5) is 25.7. The molecule has 9 heteroatoms. The Morgan fingerprint density at radius 2 is 1.92 bits per heavy atom. The Labute approximate surface area is 153 Å². The van der Waals surface area contributed by atoms with E-state index in [1.807, 2.05) is 0 Å². The number of carbonyl (C=O) groups excluding carboxylic acids is 2. The van der Waals surface area contributed by atoms with Gasteiger partial charge in [0.25, 0.3) is 5.91 Å². The first kappa shape index (κ1) is 20.0. The lowest BCUT2D eigenvalue weighted by Crippen LogP contribution is -2.46. The molecule has 0 bridgehead atoms. The van der Waals surface area contributed by atoms with Gasteiger partial charge in [-0.1, -0.05) is 0 Å². The molecular weight excluding hydrogens is 360 g/mol. The number of nitrogens with zero attached hydrogens (tertiary/aromatic N) is 1. The quantitative estimate of drug-likeness (QED) is 0.824. The first-order valence-corrected chi connectivity index (χ1v) is 10.3. The molecule has 26 heavy (non-hydrogen) atoms. The second kappa shape index (κ2) is 8.39. The molecule has 1 aromatic rings. The Balaban J connectivity index is 2.02. The van der Waals surface area contributed by atoms with Gasteiger partial charge in [0.2, 0.25) is 0 Å². The van der Waals surface area contributed by atoms with Gasteiger partial charge in [-0.2, -0.15) is 0 Å². The van der Waals surface area contributed by atoms with Gasteiger partial charge in [-0.05, 0) is 38.0 Å². The summed E-state index contributed by atoms with van der Waals surface area (Å²) in [7, 11) is -2.14. The summed E-state index contributed by atoms with van der Waals surface area (Å²) in [5.74, 6) is -0.154. The van der Waals surface area contributed by atoms with E-state index in [0.717, 1.165) is 6.26 Å². The lowest BCUT2D eigenvalue weighted by atomic mass is 10.0. The Bertz CT molecular complexity index is 769. The van der Waals surface area contributed by atoms with Crippen LogP contribution in [0, 0.1) is 0 Å². The molecule has 2 amide bonds. The molecule has 1 aromatic carbocycles. The van der Waals surface area contributed by atoms with E-state index in [1.54, 1.807) is 11.8 Å². The number of carbonyl (C=O) groups is 2. The van der Waals surface area contributed by atoms with E-state index >= 15 is 0 Å². The summed E-state index contributed by atoms with van der Waals surface area (Å²) in [6, 6.07) is 4.22. The number of sulfone groups is 1. The predicted octanol–water partition coefficient (Wildman–Crippen LogP) is 1.45. The number of benzene rings is 1. The van der Waals surface area contributed by atoms with Crippen LogP contribution in [0.5, 0.6) is 5.75 Å². The van der Waals surface area contributed by atoms with Crippen molar-refractivity contribution in [2.24, 2.45) is 0 Å². The molecule has 0 unspecified atom stereocenters. The van der Waals surface area contributed by atoms with Crippen LogP contribution in [0.3, 0.4) is 0 Å². The number of likely N-dealkylation sites (tertiary alicyclic amines) is 1. The minimum atomic E-state index is -3.52. The normalized spacial score (nSPS) is 15.4. The second-order valence-corrected chi connectivity index (χ2v) is 8.06. The van der Waals surface area contributed by atoms with E-state index in [0.29, 0.717) is 32.5 Å². The van der Waals surface area contributed by atoms with Gasteiger partial charge in [-0.25, -0.2) is 13.2 Å². The minimum Gasteiger partial charge on any atom is -0.495 e. The zero-order valence-electron chi connectivity index (χ0n) is 15.1. The Morgan fingerprint density at radius 1 is 1.27 bits per heavy atom. The zero-order chi connectivity index (χ0) is 19.3. The van der Waals surface area contributed by atoms with E-state index in [2.05, 4.69) is 5.32 Å². The van der Waals surface area contributed by atoms with Gasteiger partial charge in [0, 0.05) is 31.0 Å². The van der Waals surface area contributed by atoms with Gasteiger partial charge in [0.15, 0.2) is 9.84 Å². The highest BCUT2D eigenvalue weighted by atomic mass is 32.2. The molecule has 1 heterocycles. The number of methoxy groups -OCH3 is 1. The molecule has 0 radical (unpaired) electrons. The standard InChI is InChI=1S/C17H24N2O6S/c1-4-25-17(21)19-9-7-13(8-10-19)18-16(20)12-5-6-14(24-2)15(11-12)26(3,22)23/h5-6,11,13H,4,7-10H2,1-3H3,(H,18,20). The van der Waals surface area contributed by atoms with Crippen molar-refractivity contribution in [1.29, 1.82) is 0 Å². The maximum absolute atomic E-state index is 12.5. The maximum atomic E-state index is 12.5. The fraction of sp³-hybridized carbons (Fsp3) is 0.529. The molecule has 1 fully saturated rings. The molecule has 0 aliphatic carbocycles. The number of ether oxygens (including phenoxy) is 2. The predicted molar refractivity (Wildman–Crippen MR) is 95.2 cm³/mol. The van der Waals surface area contributed by atoms with Crippen molar-refractivity contribution in [3.63, 3.8) is 0 Å². The second-order valence-electron chi connectivity index (χ2n) is 6.07. The highest BCUT2D eigenvalue weighted by Crippen LogP contribution is 2.25. The monoisotopic (exact) mass is 384 g/mol. The molecule has 0 spiro atoms. The van der Waals surface area contributed by atoms with Crippen LogP contribution in [0.25, 0.3) is 0 Å². The van der Waals surface area contributed by atoms with Gasteiger partial charge in [-0.15, -0.1) is 0 Å². The average Bonchev–Trinajstić information content (AvgIpc) is 2.61.